The highest BCUT2D eigenvalue weighted by Crippen LogP contribution is 2.60. The van der Waals surface area contributed by atoms with E-state index in [-0.39, 0.29) is 6.10 Å². The molecule has 0 aliphatic heterocycles. The lowest BCUT2D eigenvalue weighted by molar-refractivity contribution is -0.0520. The van der Waals surface area contributed by atoms with Crippen molar-refractivity contribution in [2.75, 3.05) is 0 Å². The van der Waals surface area contributed by atoms with Crippen molar-refractivity contribution in [1.82, 2.24) is 0 Å². The minimum Gasteiger partial charge on any atom is -0.393 e. The van der Waals surface area contributed by atoms with Gasteiger partial charge in [-0.1, -0.05) is 40.5 Å². The summed E-state index contributed by atoms with van der Waals surface area (Å²) in [6.07, 6.45) is 16.9. The van der Waals surface area contributed by atoms with Crippen LogP contribution in [0.3, 0.4) is 0 Å². The lowest BCUT2D eigenvalue weighted by Gasteiger charge is -2.53. The fourth-order valence-electron chi connectivity index (χ4n) is 8.94. The number of aliphatic hydroxyl groups excluding tert-OH is 1. The molecule has 0 spiro atoms. The van der Waals surface area contributed by atoms with Crippen LogP contribution in [0.25, 0.3) is 0 Å². The van der Waals surface area contributed by atoms with Crippen LogP contribution in [0.4, 0.5) is 0 Å². The molecule has 10 atom stereocenters. The summed E-state index contributed by atoms with van der Waals surface area (Å²) >= 11 is 0. The molecule has 0 heterocycles. The van der Waals surface area contributed by atoms with E-state index in [0.717, 1.165) is 72.0 Å². The summed E-state index contributed by atoms with van der Waals surface area (Å²) in [5, 5.41) is 10.1. The van der Waals surface area contributed by atoms with Gasteiger partial charge in [-0.15, -0.1) is 0 Å². The topological polar surface area (TPSA) is 20.2 Å². The highest BCUT2D eigenvalue weighted by molar-refractivity contribution is 5.01. The molecular formula is C27H48O. The Hall–Kier alpha value is -0.0400. The molecule has 0 aromatic rings. The van der Waals surface area contributed by atoms with Crippen molar-refractivity contribution in [3.63, 3.8) is 0 Å². The predicted octanol–water partition coefficient (Wildman–Crippen LogP) is 7.32. The van der Waals surface area contributed by atoms with Gasteiger partial charge in [0, 0.05) is 0 Å². The molecule has 4 rings (SSSR count). The van der Waals surface area contributed by atoms with E-state index in [1.165, 1.54) is 57.8 Å². The van der Waals surface area contributed by atoms with Crippen LogP contribution in [0.5, 0.6) is 0 Å². The van der Waals surface area contributed by atoms with E-state index in [0.29, 0.717) is 0 Å². The van der Waals surface area contributed by atoms with Crippen molar-refractivity contribution < 1.29 is 5.11 Å². The molecule has 4 aliphatic carbocycles. The number of fused-ring (bicyclic) bond motifs is 5. The van der Waals surface area contributed by atoms with Gasteiger partial charge in [0.15, 0.2) is 0 Å². The van der Waals surface area contributed by atoms with E-state index >= 15 is 0 Å². The average molecular weight is 389 g/mol. The van der Waals surface area contributed by atoms with Gasteiger partial charge in [-0.3, -0.25) is 0 Å². The first-order chi connectivity index (χ1) is 13.5. The second-order valence-electron chi connectivity index (χ2n) is 11.9. The van der Waals surface area contributed by atoms with Crippen LogP contribution in [0, 0.1) is 59.2 Å². The molecule has 162 valence electrons. The highest BCUT2D eigenvalue weighted by Gasteiger charge is 2.52. The van der Waals surface area contributed by atoms with Crippen molar-refractivity contribution in [1.29, 1.82) is 0 Å². The monoisotopic (exact) mass is 388 g/mol. The third kappa shape index (κ3) is 4.08. The molecule has 0 aromatic carbocycles. The van der Waals surface area contributed by atoms with E-state index in [1.807, 2.05) is 0 Å². The zero-order chi connectivity index (χ0) is 19.8. The first-order valence-electron chi connectivity index (χ1n) is 13.2. The Morgan fingerprint density at radius 3 is 2.07 bits per heavy atom. The lowest BCUT2D eigenvalue weighted by Crippen LogP contribution is -2.46. The van der Waals surface area contributed by atoms with Crippen LogP contribution >= 0.6 is 0 Å². The van der Waals surface area contributed by atoms with Crippen molar-refractivity contribution in [3.05, 3.63) is 0 Å². The standard InChI is InChI=1S/C27H48O/c1-5-19(17(2)3)7-6-18(4)22-12-13-27-24(22)14-15-25-23-11-9-21(28)16-20(23)8-10-26(25)27/h17-28H,5-16H2,1-4H3. The Balaban J connectivity index is 1.36. The van der Waals surface area contributed by atoms with E-state index < -0.39 is 0 Å². The number of rotatable bonds is 6. The number of hydrogen-bond acceptors (Lipinski definition) is 1. The van der Waals surface area contributed by atoms with E-state index in [2.05, 4.69) is 27.7 Å². The SMILES string of the molecule is CCC(CCC(C)C1CCC2C1CCC1C3CCC(O)CC3CCC12)C(C)C. The van der Waals surface area contributed by atoms with Crippen molar-refractivity contribution >= 4 is 0 Å². The maximum Gasteiger partial charge on any atom is 0.0543 e. The smallest absolute Gasteiger partial charge is 0.0543 e. The predicted molar refractivity (Wildman–Crippen MR) is 119 cm³/mol. The molecule has 10 unspecified atom stereocenters. The Bertz CT molecular complexity index is 498. The Morgan fingerprint density at radius 2 is 1.32 bits per heavy atom. The van der Waals surface area contributed by atoms with Crippen LogP contribution in [0.15, 0.2) is 0 Å². The average Bonchev–Trinajstić information content (AvgIpc) is 3.12. The Kier molecular flexibility index (Phi) is 6.81. The molecular weight excluding hydrogens is 340 g/mol. The summed E-state index contributed by atoms with van der Waals surface area (Å²) in [4.78, 5) is 0. The summed E-state index contributed by atoms with van der Waals surface area (Å²) in [6.45, 7) is 9.84. The third-order valence-corrected chi connectivity index (χ3v) is 10.5. The molecule has 1 heteroatoms. The molecule has 4 fully saturated rings. The van der Waals surface area contributed by atoms with Gasteiger partial charge >= 0.3 is 0 Å². The van der Waals surface area contributed by atoms with Gasteiger partial charge in [0.05, 0.1) is 6.10 Å². The first-order valence-corrected chi connectivity index (χ1v) is 13.2. The zero-order valence-electron chi connectivity index (χ0n) is 19.3. The molecule has 1 N–H and O–H groups in total. The second-order valence-corrected chi connectivity index (χ2v) is 11.9. The maximum atomic E-state index is 10.1. The highest BCUT2D eigenvalue weighted by atomic mass is 16.3. The number of hydrogen-bond donors (Lipinski definition) is 1. The second kappa shape index (κ2) is 8.99. The molecule has 0 aromatic heterocycles. The molecule has 0 bridgehead atoms. The van der Waals surface area contributed by atoms with Gasteiger partial charge in [0.2, 0.25) is 0 Å². The summed E-state index contributed by atoms with van der Waals surface area (Å²) in [5.41, 5.74) is 0. The molecule has 28 heavy (non-hydrogen) atoms. The van der Waals surface area contributed by atoms with Crippen molar-refractivity contribution in [2.24, 2.45) is 59.2 Å². The Morgan fingerprint density at radius 1 is 0.714 bits per heavy atom. The lowest BCUT2D eigenvalue weighted by atomic mass is 9.53. The van der Waals surface area contributed by atoms with Gasteiger partial charge in [-0.05, 0) is 123 Å². The number of aliphatic hydroxyl groups is 1. The molecule has 1 nitrogen and oxygen atoms in total. The van der Waals surface area contributed by atoms with E-state index in [4.69, 9.17) is 0 Å². The zero-order valence-corrected chi connectivity index (χ0v) is 19.3. The van der Waals surface area contributed by atoms with Gasteiger partial charge < -0.3 is 5.11 Å². The fraction of sp³-hybridized carbons (Fsp3) is 1.00. The largest absolute Gasteiger partial charge is 0.393 e. The summed E-state index contributed by atoms with van der Waals surface area (Å²) in [6, 6.07) is 0. The summed E-state index contributed by atoms with van der Waals surface area (Å²) < 4.78 is 0. The maximum absolute atomic E-state index is 10.1. The minimum absolute atomic E-state index is 0.0173. The summed E-state index contributed by atoms with van der Waals surface area (Å²) in [7, 11) is 0. The van der Waals surface area contributed by atoms with E-state index in [9.17, 15) is 5.11 Å². The van der Waals surface area contributed by atoms with Gasteiger partial charge in [-0.2, -0.15) is 0 Å². The molecule has 0 radical (unpaired) electrons. The van der Waals surface area contributed by atoms with E-state index in [1.54, 1.807) is 6.42 Å². The van der Waals surface area contributed by atoms with Gasteiger partial charge in [-0.25, -0.2) is 0 Å². The summed E-state index contributed by atoms with van der Waals surface area (Å²) in [5.74, 6) is 9.78. The quantitative estimate of drug-likeness (QED) is 0.505. The van der Waals surface area contributed by atoms with Crippen LogP contribution in [0.1, 0.15) is 105 Å². The van der Waals surface area contributed by atoms with Crippen LogP contribution in [-0.2, 0) is 0 Å². The molecule has 4 saturated carbocycles. The van der Waals surface area contributed by atoms with Crippen LogP contribution < -0.4 is 0 Å². The van der Waals surface area contributed by atoms with Gasteiger partial charge in [0.25, 0.3) is 0 Å². The van der Waals surface area contributed by atoms with Crippen LogP contribution in [-0.4, -0.2) is 11.2 Å². The van der Waals surface area contributed by atoms with Crippen molar-refractivity contribution in [3.8, 4) is 0 Å². The van der Waals surface area contributed by atoms with Crippen LogP contribution in [0.2, 0.25) is 0 Å². The van der Waals surface area contributed by atoms with Gasteiger partial charge in [0.1, 0.15) is 0 Å². The minimum atomic E-state index is 0.0173. The third-order valence-electron chi connectivity index (χ3n) is 10.5. The Labute approximate surface area is 175 Å². The fourth-order valence-corrected chi connectivity index (χ4v) is 8.94. The molecule has 0 saturated heterocycles. The molecule has 0 amide bonds. The van der Waals surface area contributed by atoms with Crippen molar-refractivity contribution in [2.45, 2.75) is 111 Å². The molecule has 4 aliphatic rings. The normalized spacial score (nSPS) is 45.2. The first kappa shape index (κ1) is 21.2.